The van der Waals surface area contributed by atoms with E-state index in [0.29, 0.717) is 69.5 Å². The second-order valence-corrected chi connectivity index (χ2v) is 11.5. The maximum Gasteiger partial charge on any atom is 0.162 e. The molecule has 1 aliphatic carbocycles. The summed E-state index contributed by atoms with van der Waals surface area (Å²) in [6.07, 6.45) is 1.04. The molecule has 1 heterocycles. The van der Waals surface area contributed by atoms with Gasteiger partial charge in [0.05, 0.1) is 31.3 Å². The molecule has 0 bridgehead atoms. The molecule has 7 nitrogen and oxygen atoms in total. The number of allylic oxidation sites excluding steroid dienone is 3. The summed E-state index contributed by atoms with van der Waals surface area (Å²) >= 11 is 9.97. The highest BCUT2D eigenvalue weighted by molar-refractivity contribution is 9.10. The quantitative estimate of drug-likeness (QED) is 0.393. The Morgan fingerprint density at radius 3 is 2.61 bits per heavy atom. The lowest BCUT2D eigenvalue weighted by Gasteiger charge is -2.44. The largest absolute Gasteiger partial charge is 0.493 e. The van der Waals surface area contributed by atoms with Crippen LogP contribution in [0, 0.1) is 16.7 Å². The number of benzene rings is 2. The van der Waals surface area contributed by atoms with E-state index in [1.165, 1.54) is 0 Å². The molecule has 2 aromatic rings. The molecule has 0 amide bonds. The van der Waals surface area contributed by atoms with Crippen molar-refractivity contribution in [2.24, 2.45) is 11.1 Å². The number of nitriles is 1. The number of halogens is 2. The monoisotopic (exact) mass is 599 g/mol. The zero-order valence-electron chi connectivity index (χ0n) is 21.9. The smallest absolute Gasteiger partial charge is 0.162 e. The van der Waals surface area contributed by atoms with E-state index in [2.05, 4.69) is 35.8 Å². The molecule has 2 aromatic carbocycles. The number of carbonyl (C=O) groups is 1. The second-order valence-electron chi connectivity index (χ2n) is 10.2. The molecule has 0 fully saturated rings. The summed E-state index contributed by atoms with van der Waals surface area (Å²) in [5.41, 5.74) is 9.69. The lowest BCUT2D eigenvalue weighted by atomic mass is 9.68. The highest BCUT2D eigenvalue weighted by Crippen LogP contribution is 2.51. The minimum atomic E-state index is -0.640. The van der Waals surface area contributed by atoms with Crippen LogP contribution in [0.1, 0.15) is 43.7 Å². The first-order valence-electron chi connectivity index (χ1n) is 12.3. The van der Waals surface area contributed by atoms with Crippen LogP contribution in [0.4, 0.5) is 0 Å². The standard InChI is InChI=1S/C29H31BrClN3O4/c1-29(2)13-22-27(23(35)14-29)26(19(15-32)28(33)34(22)9-10-36-3)18-11-24(37-4)25(12-20(18)30)38-16-17-7-5-6-8-21(17)31/h5-8,11-12,26H,9-10,13-14,16,33H2,1-4H3/t26-/m1/s1. The lowest BCUT2D eigenvalue weighted by Crippen LogP contribution is -2.43. The van der Waals surface area contributed by atoms with E-state index in [1.807, 2.05) is 35.2 Å². The first-order chi connectivity index (χ1) is 18.1. The van der Waals surface area contributed by atoms with Crippen LogP contribution in [0.5, 0.6) is 11.5 Å². The topological polar surface area (TPSA) is 97.8 Å². The van der Waals surface area contributed by atoms with Crippen LogP contribution < -0.4 is 15.2 Å². The minimum absolute atomic E-state index is 0.00818. The molecule has 2 aliphatic rings. The van der Waals surface area contributed by atoms with Gasteiger partial charge in [0.15, 0.2) is 17.3 Å². The fourth-order valence-corrected chi connectivity index (χ4v) is 5.88. The normalized spacial score (nSPS) is 18.8. The molecule has 1 atom stereocenters. The number of carbonyl (C=O) groups excluding carboxylic acids is 1. The van der Waals surface area contributed by atoms with E-state index >= 15 is 0 Å². The van der Waals surface area contributed by atoms with Gasteiger partial charge in [0, 0.05) is 46.4 Å². The van der Waals surface area contributed by atoms with Crippen LogP contribution in [0.2, 0.25) is 5.02 Å². The summed E-state index contributed by atoms with van der Waals surface area (Å²) in [6.45, 7) is 5.25. The molecular formula is C29H31BrClN3O4. The molecule has 0 saturated heterocycles. The third kappa shape index (κ3) is 5.42. The average molecular weight is 601 g/mol. The number of ether oxygens (including phenoxy) is 3. The number of hydrogen-bond acceptors (Lipinski definition) is 7. The number of hydrogen-bond donors (Lipinski definition) is 1. The number of nitrogens with zero attached hydrogens (tertiary/aromatic N) is 2. The van der Waals surface area contributed by atoms with Crippen molar-refractivity contribution in [1.29, 1.82) is 5.26 Å². The van der Waals surface area contributed by atoms with E-state index in [1.54, 1.807) is 20.3 Å². The average Bonchev–Trinajstić information content (AvgIpc) is 2.86. The first kappa shape index (κ1) is 28.0. The highest BCUT2D eigenvalue weighted by atomic mass is 79.9. The van der Waals surface area contributed by atoms with Crippen molar-refractivity contribution in [1.82, 2.24) is 4.90 Å². The SMILES string of the molecule is COCCN1C(N)=C(C#N)[C@@H](c2cc(OC)c(OCc3ccccc3Cl)cc2Br)C2=C1CC(C)(C)CC2=O. The molecule has 0 radical (unpaired) electrons. The Balaban J connectivity index is 1.81. The zero-order valence-corrected chi connectivity index (χ0v) is 24.3. The van der Waals surface area contributed by atoms with Crippen molar-refractivity contribution >= 4 is 33.3 Å². The maximum atomic E-state index is 13.7. The van der Waals surface area contributed by atoms with Crippen molar-refractivity contribution in [2.45, 2.75) is 39.2 Å². The molecule has 0 unspecified atom stereocenters. The Morgan fingerprint density at radius 2 is 1.95 bits per heavy atom. The Hall–Kier alpha value is -2.99. The summed E-state index contributed by atoms with van der Waals surface area (Å²) in [5, 5.41) is 10.9. The van der Waals surface area contributed by atoms with Gasteiger partial charge in [-0.05, 0) is 35.6 Å². The number of Topliss-reactive ketones (excluding diaryl/α,β-unsaturated/α-hetero) is 1. The summed E-state index contributed by atoms with van der Waals surface area (Å²) in [5.74, 6) is 0.677. The van der Waals surface area contributed by atoms with E-state index < -0.39 is 5.92 Å². The van der Waals surface area contributed by atoms with Gasteiger partial charge in [0.25, 0.3) is 0 Å². The second kappa shape index (κ2) is 11.4. The predicted octanol–water partition coefficient (Wildman–Crippen LogP) is 6.07. The van der Waals surface area contributed by atoms with E-state index in [-0.39, 0.29) is 17.8 Å². The lowest BCUT2D eigenvalue weighted by molar-refractivity contribution is -0.118. The minimum Gasteiger partial charge on any atom is -0.493 e. The fraction of sp³-hybridized carbons (Fsp3) is 0.379. The van der Waals surface area contributed by atoms with Crippen molar-refractivity contribution in [3.05, 3.63) is 79.7 Å². The molecule has 2 N–H and O–H groups in total. The summed E-state index contributed by atoms with van der Waals surface area (Å²) in [7, 11) is 3.17. The number of rotatable bonds is 8. The molecule has 38 heavy (non-hydrogen) atoms. The van der Waals surface area contributed by atoms with E-state index in [4.69, 9.17) is 31.5 Å². The van der Waals surface area contributed by atoms with Gasteiger partial charge < -0.3 is 24.8 Å². The number of methoxy groups -OCH3 is 2. The number of ketones is 1. The van der Waals surface area contributed by atoms with Crippen LogP contribution in [-0.4, -0.2) is 38.1 Å². The van der Waals surface area contributed by atoms with Gasteiger partial charge in [-0.3, -0.25) is 4.79 Å². The summed E-state index contributed by atoms with van der Waals surface area (Å²) in [4.78, 5) is 15.5. The molecule has 0 aromatic heterocycles. The van der Waals surface area contributed by atoms with Gasteiger partial charge in [0.2, 0.25) is 0 Å². The third-order valence-electron chi connectivity index (χ3n) is 6.94. The van der Waals surface area contributed by atoms with Crippen molar-refractivity contribution < 1.29 is 19.0 Å². The van der Waals surface area contributed by atoms with Gasteiger partial charge in [-0.15, -0.1) is 0 Å². The van der Waals surface area contributed by atoms with Crippen molar-refractivity contribution in [2.75, 3.05) is 27.4 Å². The Kier molecular flexibility index (Phi) is 8.41. The van der Waals surface area contributed by atoms with Gasteiger partial charge in [-0.1, -0.05) is 59.6 Å². The molecule has 0 saturated carbocycles. The summed E-state index contributed by atoms with van der Waals surface area (Å²) < 4.78 is 17.7. The third-order valence-corrected chi connectivity index (χ3v) is 8.00. The molecule has 1 aliphatic heterocycles. The maximum absolute atomic E-state index is 13.7. The molecule has 0 spiro atoms. The van der Waals surface area contributed by atoms with Crippen molar-refractivity contribution in [3.63, 3.8) is 0 Å². The Bertz CT molecular complexity index is 1360. The predicted molar refractivity (Wildman–Crippen MR) is 150 cm³/mol. The van der Waals surface area contributed by atoms with Gasteiger partial charge in [-0.2, -0.15) is 5.26 Å². The van der Waals surface area contributed by atoms with E-state index in [9.17, 15) is 10.1 Å². The molecule has 4 rings (SSSR count). The van der Waals surface area contributed by atoms with Crippen LogP contribution >= 0.6 is 27.5 Å². The van der Waals surface area contributed by atoms with Crippen LogP contribution in [0.25, 0.3) is 0 Å². The Labute approximate surface area is 236 Å². The molecule has 9 heteroatoms. The first-order valence-corrected chi connectivity index (χ1v) is 13.4. The van der Waals surface area contributed by atoms with Crippen LogP contribution in [-0.2, 0) is 16.1 Å². The van der Waals surface area contributed by atoms with E-state index in [0.717, 1.165) is 11.3 Å². The van der Waals surface area contributed by atoms with Crippen LogP contribution in [0.3, 0.4) is 0 Å². The fourth-order valence-electron chi connectivity index (χ4n) is 5.14. The molecule has 200 valence electrons. The Morgan fingerprint density at radius 1 is 1.21 bits per heavy atom. The van der Waals surface area contributed by atoms with Gasteiger partial charge in [0.1, 0.15) is 12.4 Å². The van der Waals surface area contributed by atoms with Crippen LogP contribution in [0.15, 0.2) is 63.5 Å². The number of nitrogens with two attached hydrogens (primary N) is 1. The molecular weight excluding hydrogens is 570 g/mol. The van der Waals surface area contributed by atoms with Crippen molar-refractivity contribution in [3.8, 4) is 17.6 Å². The van der Waals surface area contributed by atoms with Gasteiger partial charge in [-0.25, -0.2) is 0 Å². The highest BCUT2D eigenvalue weighted by Gasteiger charge is 2.44. The van der Waals surface area contributed by atoms with Gasteiger partial charge >= 0.3 is 0 Å². The zero-order chi connectivity index (χ0) is 27.6. The summed E-state index contributed by atoms with van der Waals surface area (Å²) in [6, 6.07) is 13.4.